The number of rotatable bonds is 5. The maximum Gasteiger partial charge on any atom is 0.193 e. The molecule has 4 nitrogen and oxygen atoms in total. The van der Waals surface area contributed by atoms with E-state index in [9.17, 15) is 9.18 Å². The van der Waals surface area contributed by atoms with Gasteiger partial charge in [0.15, 0.2) is 11.6 Å². The Morgan fingerprint density at radius 3 is 2.39 bits per heavy atom. The summed E-state index contributed by atoms with van der Waals surface area (Å²) in [5, 5.41) is 0. The van der Waals surface area contributed by atoms with Crippen LogP contribution >= 0.6 is 0 Å². The van der Waals surface area contributed by atoms with Crippen LogP contribution in [0.5, 0.6) is 0 Å². The van der Waals surface area contributed by atoms with E-state index in [2.05, 4.69) is 9.97 Å². The molecule has 5 rings (SSSR count). The Morgan fingerprint density at radius 2 is 1.55 bits per heavy atom. The number of hydrogen-bond donors (Lipinski definition) is 0. The van der Waals surface area contributed by atoms with Crippen molar-refractivity contribution in [1.82, 2.24) is 14.5 Å². The van der Waals surface area contributed by atoms with Gasteiger partial charge in [0.25, 0.3) is 0 Å². The third kappa shape index (κ3) is 3.85. The summed E-state index contributed by atoms with van der Waals surface area (Å²) < 4.78 is 16.1. The van der Waals surface area contributed by atoms with Crippen LogP contribution in [0, 0.1) is 5.82 Å². The Morgan fingerprint density at radius 1 is 0.806 bits per heavy atom. The first kappa shape index (κ1) is 18.9. The van der Waals surface area contributed by atoms with Crippen LogP contribution in [0.3, 0.4) is 0 Å². The number of pyridine rings is 1. The van der Waals surface area contributed by atoms with Crippen molar-refractivity contribution in [3.8, 4) is 22.8 Å². The largest absolute Gasteiger partial charge is 0.348 e. The molecule has 0 bridgehead atoms. The molecule has 0 aromatic heterocycles. The zero-order chi connectivity index (χ0) is 21.2. The molecule has 0 saturated heterocycles. The fourth-order valence-electron chi connectivity index (χ4n) is 3.59. The predicted molar refractivity (Wildman–Crippen MR) is 117 cm³/mol. The first-order chi connectivity index (χ1) is 15.2. The lowest BCUT2D eigenvalue weighted by Crippen LogP contribution is -2.04. The highest BCUT2D eigenvalue weighted by atomic mass is 19.1. The molecule has 150 valence electrons. The minimum absolute atomic E-state index is 0.000618. The van der Waals surface area contributed by atoms with Gasteiger partial charge < -0.3 is 4.57 Å². The summed E-state index contributed by atoms with van der Waals surface area (Å²) in [4.78, 5) is 21.7. The van der Waals surface area contributed by atoms with Crippen LogP contribution < -0.4 is 0 Å². The number of carbonyl (C=O) groups excluding carboxylic acids is 1. The summed E-state index contributed by atoms with van der Waals surface area (Å²) in [7, 11) is 0. The lowest BCUT2D eigenvalue weighted by Gasteiger charge is -2.09. The lowest BCUT2D eigenvalue weighted by atomic mass is 10.0. The number of ketones is 1. The lowest BCUT2D eigenvalue weighted by molar-refractivity contribution is 0.103. The molecule has 0 N–H and O–H groups in total. The van der Waals surface area contributed by atoms with Gasteiger partial charge in [-0.25, -0.2) is 14.4 Å². The molecule has 2 aliphatic heterocycles. The average molecular weight is 407 g/mol. The van der Waals surface area contributed by atoms with Gasteiger partial charge in [-0.3, -0.25) is 4.79 Å². The van der Waals surface area contributed by atoms with Gasteiger partial charge in [0.2, 0.25) is 0 Å². The number of halogens is 1. The van der Waals surface area contributed by atoms with Crippen molar-refractivity contribution < 1.29 is 9.18 Å². The van der Waals surface area contributed by atoms with Crippen LogP contribution in [0.15, 0.2) is 97.3 Å². The van der Waals surface area contributed by atoms with Crippen molar-refractivity contribution in [2.75, 3.05) is 0 Å². The van der Waals surface area contributed by atoms with Crippen LogP contribution in [0.2, 0.25) is 0 Å². The molecule has 3 aromatic rings. The molecule has 0 amide bonds. The third-order valence-corrected chi connectivity index (χ3v) is 5.13. The molecule has 5 heteroatoms. The van der Waals surface area contributed by atoms with E-state index >= 15 is 0 Å². The van der Waals surface area contributed by atoms with E-state index in [0.29, 0.717) is 40.4 Å². The second kappa shape index (κ2) is 7.95. The van der Waals surface area contributed by atoms with Crippen molar-refractivity contribution in [1.29, 1.82) is 0 Å². The first-order valence-corrected chi connectivity index (χ1v) is 9.94. The van der Waals surface area contributed by atoms with Crippen LogP contribution in [-0.4, -0.2) is 20.3 Å². The van der Waals surface area contributed by atoms with Gasteiger partial charge in [0, 0.05) is 30.1 Å². The second-order valence-corrected chi connectivity index (χ2v) is 7.31. The summed E-state index contributed by atoms with van der Waals surface area (Å²) in [6, 6.07) is 25.2. The molecule has 2 heterocycles. The van der Waals surface area contributed by atoms with E-state index in [1.807, 2.05) is 77.6 Å². The molecule has 31 heavy (non-hydrogen) atoms. The number of benzene rings is 3. The third-order valence-electron chi connectivity index (χ3n) is 5.13. The van der Waals surface area contributed by atoms with E-state index in [1.165, 1.54) is 6.07 Å². The monoisotopic (exact) mass is 407 g/mol. The molecule has 0 radical (unpaired) electrons. The van der Waals surface area contributed by atoms with Crippen molar-refractivity contribution in [3.63, 3.8) is 0 Å². The summed E-state index contributed by atoms with van der Waals surface area (Å²) in [5.74, 6) is 0.0335. The highest BCUT2D eigenvalue weighted by molar-refractivity contribution is 6.09. The van der Waals surface area contributed by atoms with Gasteiger partial charge >= 0.3 is 0 Å². The highest BCUT2D eigenvalue weighted by Crippen LogP contribution is 2.26. The van der Waals surface area contributed by atoms with Gasteiger partial charge in [-0.15, -0.1) is 0 Å². The van der Waals surface area contributed by atoms with Crippen molar-refractivity contribution >= 4 is 5.78 Å². The van der Waals surface area contributed by atoms with E-state index in [1.54, 1.807) is 18.2 Å². The number of carbonyl (C=O) groups is 1. The van der Waals surface area contributed by atoms with Crippen LogP contribution in [-0.2, 0) is 6.54 Å². The molecule has 0 aliphatic carbocycles. The minimum atomic E-state index is -0.342. The van der Waals surface area contributed by atoms with Crippen molar-refractivity contribution in [3.05, 3.63) is 120 Å². The Balaban J connectivity index is 1.42. The minimum Gasteiger partial charge on any atom is -0.348 e. The van der Waals surface area contributed by atoms with Crippen LogP contribution in [0.4, 0.5) is 4.39 Å². The fourth-order valence-corrected chi connectivity index (χ4v) is 3.59. The SMILES string of the molecule is O=C(c1ccccc1)c1cccc(Cn2ccc3nc(-c4ccccc4F)nc-3c2)c1. The Hall–Kier alpha value is -4.12. The molecule has 0 saturated carbocycles. The van der Waals surface area contributed by atoms with Gasteiger partial charge in [0.05, 0.1) is 11.3 Å². The van der Waals surface area contributed by atoms with Gasteiger partial charge in [-0.05, 0) is 29.8 Å². The van der Waals surface area contributed by atoms with E-state index < -0.39 is 0 Å². The number of imidazole rings is 1. The summed E-state index contributed by atoms with van der Waals surface area (Å²) in [6.07, 6.45) is 3.80. The van der Waals surface area contributed by atoms with Crippen molar-refractivity contribution in [2.45, 2.75) is 6.54 Å². The standard InChI is InChI=1S/C26H18FN3O/c27-22-12-5-4-11-21(22)26-28-23-13-14-30(17-24(23)29-26)16-18-7-6-10-20(15-18)25(31)19-8-2-1-3-9-19/h1-15,17H,16H2. The molecule has 3 aromatic carbocycles. The predicted octanol–water partition coefficient (Wildman–Crippen LogP) is 5.47. The average Bonchev–Trinajstić information content (AvgIpc) is 3.23. The topological polar surface area (TPSA) is 47.8 Å². The van der Waals surface area contributed by atoms with E-state index in [-0.39, 0.29) is 11.6 Å². The van der Waals surface area contributed by atoms with Crippen molar-refractivity contribution in [2.24, 2.45) is 0 Å². The second-order valence-electron chi connectivity index (χ2n) is 7.31. The first-order valence-electron chi connectivity index (χ1n) is 9.94. The van der Waals surface area contributed by atoms with Gasteiger partial charge in [-0.2, -0.15) is 0 Å². The number of aromatic nitrogens is 3. The zero-order valence-electron chi connectivity index (χ0n) is 16.6. The van der Waals surface area contributed by atoms with Gasteiger partial charge in [0.1, 0.15) is 11.5 Å². The Labute approximate surface area is 179 Å². The van der Waals surface area contributed by atoms with Crippen LogP contribution in [0.25, 0.3) is 22.8 Å². The maximum atomic E-state index is 14.1. The number of hydrogen-bond acceptors (Lipinski definition) is 3. The smallest absolute Gasteiger partial charge is 0.193 e. The normalized spacial score (nSPS) is 11.0. The van der Waals surface area contributed by atoms with Crippen LogP contribution in [0.1, 0.15) is 21.5 Å². The molecular weight excluding hydrogens is 389 g/mol. The maximum absolute atomic E-state index is 14.1. The molecule has 2 aliphatic rings. The highest BCUT2D eigenvalue weighted by Gasteiger charge is 2.15. The summed E-state index contributed by atoms with van der Waals surface area (Å²) in [5.41, 5.74) is 4.11. The number of fused-ring (bicyclic) bond motifs is 1. The Kier molecular flexibility index (Phi) is 4.84. The molecule has 0 unspecified atom stereocenters. The quantitative estimate of drug-likeness (QED) is 0.363. The molecule has 0 atom stereocenters. The summed E-state index contributed by atoms with van der Waals surface area (Å²) >= 11 is 0. The molecular formula is C26H18FN3O. The molecule has 0 spiro atoms. The van der Waals surface area contributed by atoms with Gasteiger partial charge in [-0.1, -0.05) is 60.7 Å². The zero-order valence-corrected chi connectivity index (χ0v) is 16.6. The van der Waals surface area contributed by atoms with E-state index in [0.717, 1.165) is 5.56 Å². The molecule has 0 fully saturated rings. The summed E-state index contributed by atoms with van der Waals surface area (Å²) in [6.45, 7) is 0.577. The fraction of sp³-hybridized carbons (Fsp3) is 0.0385. The Bertz CT molecular complexity index is 1340. The number of nitrogens with zero attached hydrogens (tertiary/aromatic N) is 3. The van der Waals surface area contributed by atoms with E-state index in [4.69, 9.17) is 0 Å².